The van der Waals surface area contributed by atoms with E-state index in [2.05, 4.69) is 34.1 Å². The van der Waals surface area contributed by atoms with Crippen molar-refractivity contribution in [2.24, 2.45) is 11.8 Å². The Morgan fingerprint density at radius 2 is 1.79 bits per heavy atom. The first kappa shape index (κ1) is 14.0. The molecule has 0 aliphatic rings. The van der Waals surface area contributed by atoms with E-state index < -0.39 is 0 Å². The molecule has 0 aromatic carbocycles. The summed E-state index contributed by atoms with van der Waals surface area (Å²) in [5.74, 6) is 1.80. The van der Waals surface area contributed by atoms with Gasteiger partial charge in [-0.1, -0.05) is 66.2 Å². The average Bonchev–Trinajstić information content (AvgIpc) is 2.18. The van der Waals surface area contributed by atoms with Gasteiger partial charge < -0.3 is 0 Å². The summed E-state index contributed by atoms with van der Waals surface area (Å²) in [4.78, 5) is 0. The van der Waals surface area contributed by atoms with E-state index in [-0.39, 0.29) is 0 Å². The van der Waals surface area contributed by atoms with E-state index >= 15 is 0 Å². The quantitative estimate of drug-likeness (QED) is 0.444. The van der Waals surface area contributed by atoms with E-state index in [0.29, 0.717) is 0 Å². The second kappa shape index (κ2) is 9.55. The molecule has 85 valence electrons. The Balaban J connectivity index is 3.65. The summed E-state index contributed by atoms with van der Waals surface area (Å²) in [6.45, 7) is 9.24. The summed E-state index contributed by atoms with van der Waals surface area (Å²) in [6, 6.07) is 0. The fourth-order valence-corrected chi connectivity index (χ4v) is 2.01. The lowest BCUT2D eigenvalue weighted by Crippen LogP contribution is -2.06. The first-order valence-electron chi connectivity index (χ1n) is 6.57. The Hall–Kier alpha value is 0. The largest absolute Gasteiger partial charge is 0.0654 e. The van der Waals surface area contributed by atoms with Crippen LogP contribution in [0.15, 0.2) is 0 Å². The number of rotatable bonds is 9. The van der Waals surface area contributed by atoms with Gasteiger partial charge in [-0.15, -0.1) is 0 Å². The van der Waals surface area contributed by atoms with Crippen LogP contribution in [0.2, 0.25) is 0 Å². The molecule has 0 rings (SSSR count). The Morgan fingerprint density at radius 3 is 2.29 bits per heavy atom. The Labute approximate surface area is 91.5 Å². The highest BCUT2D eigenvalue weighted by Gasteiger charge is 2.11. The topological polar surface area (TPSA) is 0 Å². The van der Waals surface area contributed by atoms with Crippen LogP contribution in [0, 0.1) is 18.3 Å². The van der Waals surface area contributed by atoms with Crippen molar-refractivity contribution in [2.75, 3.05) is 0 Å². The molecule has 0 heteroatoms. The normalized spacial score (nSPS) is 15.4. The number of unbranched alkanes of at least 4 members (excludes halogenated alkanes) is 2. The van der Waals surface area contributed by atoms with E-state index in [1.54, 1.807) is 0 Å². The maximum Gasteiger partial charge on any atom is -0.0357 e. The maximum absolute atomic E-state index is 2.53. The molecule has 0 aromatic rings. The zero-order valence-electron chi connectivity index (χ0n) is 10.7. The van der Waals surface area contributed by atoms with Crippen molar-refractivity contribution in [1.29, 1.82) is 0 Å². The van der Waals surface area contributed by atoms with Crippen molar-refractivity contribution in [2.45, 2.75) is 72.6 Å². The predicted molar refractivity (Wildman–Crippen MR) is 66.3 cm³/mol. The predicted octanol–water partition coefficient (Wildman–Crippen LogP) is 5.23. The lowest BCUT2D eigenvalue weighted by molar-refractivity contribution is 0.382. The molecular formula is C14H29. The molecule has 0 spiro atoms. The van der Waals surface area contributed by atoms with Crippen LogP contribution in [0.5, 0.6) is 0 Å². The standard InChI is InChI=1S/C14H29/c1-5-8-9-11-14(10-6-2)12-13(4)7-3/h10,13-14H,5-9,11-12H2,1-4H3. The monoisotopic (exact) mass is 197 g/mol. The molecule has 0 aliphatic carbocycles. The first-order chi connectivity index (χ1) is 6.74. The molecule has 2 atom stereocenters. The van der Waals surface area contributed by atoms with Gasteiger partial charge in [-0.2, -0.15) is 0 Å². The van der Waals surface area contributed by atoms with E-state index in [0.717, 1.165) is 11.8 Å². The van der Waals surface area contributed by atoms with Crippen LogP contribution < -0.4 is 0 Å². The molecule has 2 unspecified atom stereocenters. The molecular weight excluding hydrogens is 168 g/mol. The highest BCUT2D eigenvalue weighted by molar-refractivity contribution is 4.76. The molecule has 14 heavy (non-hydrogen) atoms. The van der Waals surface area contributed by atoms with Crippen molar-refractivity contribution in [3.05, 3.63) is 6.42 Å². The molecule has 0 amide bonds. The maximum atomic E-state index is 2.53. The Morgan fingerprint density at radius 1 is 1.07 bits per heavy atom. The van der Waals surface area contributed by atoms with Gasteiger partial charge in [0.25, 0.3) is 0 Å². The summed E-state index contributed by atoms with van der Waals surface area (Å²) in [5.41, 5.74) is 0. The van der Waals surface area contributed by atoms with Gasteiger partial charge in [-0.05, 0) is 24.7 Å². The number of hydrogen-bond acceptors (Lipinski definition) is 0. The molecule has 1 radical (unpaired) electrons. The second-order valence-corrected chi connectivity index (χ2v) is 4.65. The lowest BCUT2D eigenvalue weighted by atomic mass is 9.87. The summed E-state index contributed by atoms with van der Waals surface area (Å²) in [7, 11) is 0. The molecule has 0 heterocycles. The minimum absolute atomic E-state index is 0.890. The van der Waals surface area contributed by atoms with E-state index in [9.17, 15) is 0 Å². The fraction of sp³-hybridized carbons (Fsp3) is 0.929. The minimum atomic E-state index is 0.890. The molecule has 0 aliphatic heterocycles. The molecule has 0 saturated heterocycles. The zero-order valence-corrected chi connectivity index (χ0v) is 10.7. The third-order valence-electron chi connectivity index (χ3n) is 3.15. The second-order valence-electron chi connectivity index (χ2n) is 4.65. The molecule has 0 saturated carbocycles. The highest BCUT2D eigenvalue weighted by Crippen LogP contribution is 2.23. The van der Waals surface area contributed by atoms with Crippen LogP contribution in [-0.2, 0) is 0 Å². The third-order valence-corrected chi connectivity index (χ3v) is 3.15. The number of hydrogen-bond donors (Lipinski definition) is 0. The van der Waals surface area contributed by atoms with Gasteiger partial charge in [0.05, 0.1) is 0 Å². The zero-order chi connectivity index (χ0) is 10.8. The van der Waals surface area contributed by atoms with Gasteiger partial charge in [0.15, 0.2) is 0 Å². The van der Waals surface area contributed by atoms with Gasteiger partial charge in [-0.25, -0.2) is 0 Å². The highest BCUT2D eigenvalue weighted by atomic mass is 14.2. The molecule has 0 fully saturated rings. The average molecular weight is 197 g/mol. The van der Waals surface area contributed by atoms with Crippen LogP contribution in [-0.4, -0.2) is 0 Å². The van der Waals surface area contributed by atoms with Crippen molar-refractivity contribution in [3.8, 4) is 0 Å². The summed E-state index contributed by atoms with van der Waals surface area (Å²) >= 11 is 0. The van der Waals surface area contributed by atoms with Gasteiger partial charge in [-0.3, -0.25) is 0 Å². The third kappa shape index (κ3) is 7.41. The van der Waals surface area contributed by atoms with Gasteiger partial charge in [0, 0.05) is 0 Å². The summed E-state index contributed by atoms with van der Waals surface area (Å²) < 4.78 is 0. The Bertz CT molecular complexity index is 107. The molecule has 0 nitrogen and oxygen atoms in total. The summed E-state index contributed by atoms with van der Waals surface area (Å²) in [6.07, 6.45) is 12.1. The minimum Gasteiger partial charge on any atom is -0.0654 e. The van der Waals surface area contributed by atoms with E-state index in [4.69, 9.17) is 0 Å². The van der Waals surface area contributed by atoms with Crippen molar-refractivity contribution in [1.82, 2.24) is 0 Å². The molecule has 0 aromatic heterocycles. The van der Waals surface area contributed by atoms with Gasteiger partial charge in [0.1, 0.15) is 0 Å². The smallest absolute Gasteiger partial charge is 0.0357 e. The first-order valence-corrected chi connectivity index (χ1v) is 6.57. The van der Waals surface area contributed by atoms with E-state index in [1.165, 1.54) is 44.9 Å². The van der Waals surface area contributed by atoms with Gasteiger partial charge in [0.2, 0.25) is 0 Å². The molecule has 0 N–H and O–H groups in total. The van der Waals surface area contributed by atoms with Crippen molar-refractivity contribution >= 4 is 0 Å². The fourth-order valence-electron chi connectivity index (χ4n) is 2.01. The summed E-state index contributed by atoms with van der Waals surface area (Å²) in [5, 5.41) is 0. The van der Waals surface area contributed by atoms with Crippen LogP contribution in [0.4, 0.5) is 0 Å². The van der Waals surface area contributed by atoms with Gasteiger partial charge >= 0.3 is 0 Å². The van der Waals surface area contributed by atoms with Crippen molar-refractivity contribution in [3.63, 3.8) is 0 Å². The lowest BCUT2D eigenvalue weighted by Gasteiger charge is -2.19. The van der Waals surface area contributed by atoms with Crippen LogP contribution in [0.1, 0.15) is 72.6 Å². The SMILES string of the molecule is CC[CH]C(CCCCC)CC(C)CC. The Kier molecular flexibility index (Phi) is 9.55. The van der Waals surface area contributed by atoms with E-state index in [1.807, 2.05) is 0 Å². The van der Waals surface area contributed by atoms with Crippen LogP contribution in [0.25, 0.3) is 0 Å². The van der Waals surface area contributed by atoms with Crippen LogP contribution >= 0.6 is 0 Å². The molecule has 0 bridgehead atoms. The van der Waals surface area contributed by atoms with Crippen molar-refractivity contribution < 1.29 is 0 Å². The van der Waals surface area contributed by atoms with Crippen LogP contribution in [0.3, 0.4) is 0 Å².